The topological polar surface area (TPSA) is 90.7 Å². The van der Waals surface area contributed by atoms with Crippen LogP contribution in [0.2, 0.25) is 0 Å². The van der Waals surface area contributed by atoms with Crippen LogP contribution < -0.4 is 0 Å². The van der Waals surface area contributed by atoms with Crippen LogP contribution in [0.4, 0.5) is 0 Å². The lowest BCUT2D eigenvalue weighted by Gasteiger charge is -2.29. The van der Waals surface area contributed by atoms with E-state index >= 15 is 0 Å². The summed E-state index contributed by atoms with van der Waals surface area (Å²) in [6.07, 6.45) is 9.41. The highest BCUT2D eigenvalue weighted by atomic mass is 16.5. The van der Waals surface area contributed by atoms with Crippen molar-refractivity contribution in [2.24, 2.45) is 7.05 Å². The maximum atomic E-state index is 5.64. The number of nitrogens with zero attached hydrogens (tertiary/aromatic N) is 8. The van der Waals surface area contributed by atoms with E-state index in [1.54, 1.807) is 12.5 Å². The van der Waals surface area contributed by atoms with Crippen molar-refractivity contribution in [3.63, 3.8) is 0 Å². The smallest absolute Gasteiger partial charge is 0.230 e. The Balaban J connectivity index is 1.13. The van der Waals surface area contributed by atoms with Crippen LogP contribution in [0.1, 0.15) is 30.5 Å². The van der Waals surface area contributed by atoms with E-state index < -0.39 is 0 Å². The number of para-hydroxylation sites is 2. The van der Waals surface area contributed by atoms with Crippen LogP contribution in [0, 0.1) is 0 Å². The lowest BCUT2D eigenvalue weighted by molar-refractivity contribution is 0.183. The van der Waals surface area contributed by atoms with Crippen LogP contribution in [-0.2, 0) is 13.6 Å². The van der Waals surface area contributed by atoms with Gasteiger partial charge in [0, 0.05) is 37.1 Å². The minimum atomic E-state index is 0.286. The number of rotatable bonds is 5. The maximum Gasteiger partial charge on any atom is 0.230 e. The molecule has 1 aliphatic rings. The molecule has 1 fully saturated rings. The number of imidazole rings is 2. The SMILES string of the molecule is Cn1ccnc1CN1CCC(c2nc(-c3ccc(-n4cnc5ccccc54)nc3)no2)CC1. The molecule has 0 unspecified atom stereocenters. The Labute approximate surface area is 190 Å². The van der Waals surface area contributed by atoms with Crippen LogP contribution in [0.15, 0.2) is 65.8 Å². The molecule has 4 aromatic heterocycles. The zero-order valence-electron chi connectivity index (χ0n) is 18.4. The van der Waals surface area contributed by atoms with Crippen molar-refractivity contribution >= 4 is 11.0 Å². The van der Waals surface area contributed by atoms with Crippen molar-refractivity contribution in [1.82, 2.24) is 39.1 Å². The van der Waals surface area contributed by atoms with Crippen molar-refractivity contribution in [1.29, 1.82) is 0 Å². The fourth-order valence-corrected chi connectivity index (χ4v) is 4.41. The van der Waals surface area contributed by atoms with Crippen LogP contribution >= 0.6 is 0 Å². The average molecular weight is 441 g/mol. The number of hydrogen-bond donors (Lipinski definition) is 0. The van der Waals surface area contributed by atoms with Crippen molar-refractivity contribution in [3.05, 3.63) is 73.0 Å². The summed E-state index contributed by atoms with van der Waals surface area (Å²) in [5, 5.41) is 4.22. The van der Waals surface area contributed by atoms with Crippen LogP contribution in [0.25, 0.3) is 28.2 Å². The second-order valence-corrected chi connectivity index (χ2v) is 8.47. The van der Waals surface area contributed by atoms with Gasteiger partial charge in [-0.05, 0) is 50.2 Å². The zero-order chi connectivity index (χ0) is 22.2. The first kappa shape index (κ1) is 19.8. The van der Waals surface area contributed by atoms with Crippen molar-refractivity contribution in [2.45, 2.75) is 25.3 Å². The van der Waals surface area contributed by atoms with Gasteiger partial charge in [-0.3, -0.25) is 9.47 Å². The van der Waals surface area contributed by atoms with Gasteiger partial charge < -0.3 is 9.09 Å². The third kappa shape index (κ3) is 3.80. The standard InChI is InChI=1S/C24H24N8O/c1-30-13-10-25-22(30)15-31-11-8-17(9-12-31)24-28-23(29-33-24)18-6-7-21(26-14-18)32-16-27-19-4-2-3-5-20(19)32/h2-7,10,13-14,16-17H,8-9,11-12,15H2,1H3. The Morgan fingerprint density at radius 1 is 1.03 bits per heavy atom. The Kier molecular flexibility index (Phi) is 4.95. The number of fused-ring (bicyclic) bond motifs is 1. The number of aryl methyl sites for hydroxylation is 1. The largest absolute Gasteiger partial charge is 0.339 e. The van der Waals surface area contributed by atoms with Crippen LogP contribution in [0.3, 0.4) is 0 Å². The highest BCUT2D eigenvalue weighted by Crippen LogP contribution is 2.29. The molecule has 0 bridgehead atoms. The third-order valence-electron chi connectivity index (χ3n) is 6.37. The van der Waals surface area contributed by atoms with Crippen molar-refractivity contribution < 1.29 is 4.52 Å². The molecule has 166 valence electrons. The normalized spacial score (nSPS) is 15.4. The Morgan fingerprint density at radius 2 is 1.91 bits per heavy atom. The third-order valence-corrected chi connectivity index (χ3v) is 6.37. The lowest BCUT2D eigenvalue weighted by Crippen LogP contribution is -2.33. The predicted molar refractivity (Wildman–Crippen MR) is 123 cm³/mol. The summed E-state index contributed by atoms with van der Waals surface area (Å²) in [5.41, 5.74) is 2.80. The highest BCUT2D eigenvalue weighted by Gasteiger charge is 2.26. The number of piperidine rings is 1. The molecule has 0 N–H and O–H groups in total. The first-order valence-corrected chi connectivity index (χ1v) is 11.2. The summed E-state index contributed by atoms with van der Waals surface area (Å²) in [4.78, 5) is 20.6. The van der Waals surface area contributed by atoms with Gasteiger partial charge in [-0.15, -0.1) is 0 Å². The van der Waals surface area contributed by atoms with Gasteiger partial charge in [0.05, 0.1) is 17.6 Å². The van der Waals surface area contributed by atoms with Gasteiger partial charge in [0.25, 0.3) is 0 Å². The summed E-state index contributed by atoms with van der Waals surface area (Å²) in [7, 11) is 2.04. The molecule has 6 rings (SSSR count). The molecule has 1 aliphatic heterocycles. The molecule has 1 saturated heterocycles. The predicted octanol–water partition coefficient (Wildman–Crippen LogP) is 3.58. The summed E-state index contributed by atoms with van der Waals surface area (Å²) in [6.45, 7) is 2.85. The van der Waals surface area contributed by atoms with Gasteiger partial charge in [0.1, 0.15) is 18.0 Å². The van der Waals surface area contributed by atoms with E-state index in [4.69, 9.17) is 4.52 Å². The number of benzene rings is 1. The Hall–Kier alpha value is -3.85. The fraction of sp³-hybridized carbons (Fsp3) is 0.292. The minimum absolute atomic E-state index is 0.286. The lowest BCUT2D eigenvalue weighted by atomic mass is 9.97. The molecule has 33 heavy (non-hydrogen) atoms. The zero-order valence-corrected chi connectivity index (χ0v) is 18.4. The molecule has 0 saturated carbocycles. The molecule has 5 aromatic rings. The van der Waals surface area contributed by atoms with E-state index in [1.807, 2.05) is 60.4 Å². The molecule has 0 amide bonds. The molecule has 9 heteroatoms. The van der Waals surface area contributed by atoms with E-state index in [-0.39, 0.29) is 5.92 Å². The van der Waals surface area contributed by atoms with E-state index in [1.165, 1.54) is 0 Å². The first-order valence-electron chi connectivity index (χ1n) is 11.2. The number of hydrogen-bond acceptors (Lipinski definition) is 7. The quantitative estimate of drug-likeness (QED) is 0.412. The maximum absolute atomic E-state index is 5.64. The molecule has 5 heterocycles. The molecular weight excluding hydrogens is 416 g/mol. The number of likely N-dealkylation sites (tertiary alicyclic amines) is 1. The van der Waals surface area contributed by atoms with Gasteiger partial charge in [-0.2, -0.15) is 4.98 Å². The summed E-state index contributed by atoms with van der Waals surface area (Å²) >= 11 is 0. The monoisotopic (exact) mass is 440 g/mol. The number of aromatic nitrogens is 7. The Bertz CT molecular complexity index is 1380. The molecule has 1 aromatic carbocycles. The molecule has 0 spiro atoms. The second-order valence-electron chi connectivity index (χ2n) is 8.47. The van der Waals surface area contributed by atoms with Gasteiger partial charge in [0.15, 0.2) is 0 Å². The van der Waals surface area contributed by atoms with Crippen LogP contribution in [-0.4, -0.2) is 52.2 Å². The van der Waals surface area contributed by atoms with Crippen molar-refractivity contribution in [3.8, 4) is 17.2 Å². The van der Waals surface area contributed by atoms with Gasteiger partial charge in [-0.1, -0.05) is 17.3 Å². The van der Waals surface area contributed by atoms with Gasteiger partial charge in [-0.25, -0.2) is 15.0 Å². The highest BCUT2D eigenvalue weighted by molar-refractivity contribution is 5.76. The van der Waals surface area contributed by atoms with E-state index in [0.717, 1.165) is 60.7 Å². The first-order chi connectivity index (χ1) is 16.2. The molecule has 0 aliphatic carbocycles. The molecule has 9 nitrogen and oxygen atoms in total. The van der Waals surface area contributed by atoms with Gasteiger partial charge in [0.2, 0.25) is 11.7 Å². The average Bonchev–Trinajstić information content (AvgIpc) is 3.60. The summed E-state index contributed by atoms with van der Waals surface area (Å²) in [5.74, 6) is 3.47. The van der Waals surface area contributed by atoms with E-state index in [0.29, 0.717) is 11.7 Å². The fourth-order valence-electron chi connectivity index (χ4n) is 4.41. The number of pyridine rings is 1. The molecule has 0 atom stereocenters. The van der Waals surface area contributed by atoms with Crippen molar-refractivity contribution in [2.75, 3.05) is 13.1 Å². The van der Waals surface area contributed by atoms with E-state index in [9.17, 15) is 0 Å². The van der Waals surface area contributed by atoms with Gasteiger partial charge >= 0.3 is 0 Å². The summed E-state index contributed by atoms with van der Waals surface area (Å²) in [6, 6.07) is 11.9. The second kappa shape index (κ2) is 8.25. The molecular formula is C24H24N8O. The Morgan fingerprint density at radius 3 is 2.70 bits per heavy atom. The summed E-state index contributed by atoms with van der Waals surface area (Å²) < 4.78 is 9.69. The van der Waals surface area contributed by atoms with Crippen LogP contribution in [0.5, 0.6) is 0 Å². The van der Waals surface area contributed by atoms with E-state index in [2.05, 4.69) is 34.6 Å². The minimum Gasteiger partial charge on any atom is -0.339 e. The molecule has 0 radical (unpaired) electrons.